The van der Waals surface area contributed by atoms with Gasteiger partial charge >= 0.3 is 0 Å². The van der Waals surface area contributed by atoms with Crippen molar-refractivity contribution in [2.24, 2.45) is 5.10 Å². The van der Waals surface area contributed by atoms with Crippen LogP contribution in [0.15, 0.2) is 84.2 Å². The number of carbonyl (C=O) groups is 1. The number of rotatable bonds is 4. The number of hydrazone groups is 1. The Bertz CT molecular complexity index is 805. The average Bonchev–Trinajstić information content (AvgIpc) is 2.64. The van der Waals surface area contributed by atoms with Crippen LogP contribution < -0.4 is 5.43 Å². The van der Waals surface area contributed by atoms with Crippen molar-refractivity contribution < 1.29 is 9.18 Å². The molecule has 3 aromatic rings. The molecule has 2 aromatic carbocycles. The minimum Gasteiger partial charge on any atom is -0.267 e. The molecule has 5 heteroatoms. The van der Waals surface area contributed by atoms with E-state index in [-0.39, 0.29) is 0 Å². The number of nitrogens with zero attached hydrogens (tertiary/aromatic N) is 2. The lowest BCUT2D eigenvalue weighted by Gasteiger charge is -2.07. The summed E-state index contributed by atoms with van der Waals surface area (Å²) in [5.41, 5.74) is 5.08. The molecule has 0 fully saturated rings. The number of aromatic nitrogens is 1. The molecule has 0 unspecified atom stereocenters. The quantitative estimate of drug-likeness (QED) is 0.592. The zero-order valence-electron chi connectivity index (χ0n) is 12.7. The molecule has 0 bridgehead atoms. The van der Waals surface area contributed by atoms with E-state index >= 15 is 0 Å². The summed E-state index contributed by atoms with van der Waals surface area (Å²) in [6.07, 6.45) is 3.35. The molecule has 1 aromatic heterocycles. The molecule has 3 rings (SSSR count). The first-order valence-corrected chi connectivity index (χ1v) is 7.33. The predicted molar refractivity (Wildman–Crippen MR) is 90.2 cm³/mol. The number of hydrogen-bond donors (Lipinski definition) is 1. The van der Waals surface area contributed by atoms with Crippen LogP contribution in [0.25, 0.3) is 0 Å². The van der Waals surface area contributed by atoms with Crippen molar-refractivity contribution in [2.45, 2.75) is 0 Å². The Balaban J connectivity index is 1.90. The summed E-state index contributed by atoms with van der Waals surface area (Å²) in [5.74, 6) is -0.803. The third-order valence-electron chi connectivity index (χ3n) is 3.36. The number of amides is 1. The molecule has 0 aliphatic heterocycles. The first-order chi connectivity index (χ1) is 11.7. The van der Waals surface area contributed by atoms with Gasteiger partial charge < -0.3 is 0 Å². The van der Waals surface area contributed by atoms with Gasteiger partial charge in [0.2, 0.25) is 0 Å². The highest BCUT2D eigenvalue weighted by Gasteiger charge is 2.09. The maximum atomic E-state index is 12.9. The van der Waals surface area contributed by atoms with Crippen molar-refractivity contribution in [1.29, 1.82) is 0 Å². The Hall–Kier alpha value is -3.34. The van der Waals surface area contributed by atoms with Gasteiger partial charge in [-0.1, -0.05) is 30.3 Å². The van der Waals surface area contributed by atoms with E-state index in [0.29, 0.717) is 11.3 Å². The zero-order valence-corrected chi connectivity index (χ0v) is 12.7. The summed E-state index contributed by atoms with van der Waals surface area (Å²) in [5, 5.41) is 4.25. The molecular formula is C19H14FN3O. The van der Waals surface area contributed by atoms with Gasteiger partial charge in [-0.2, -0.15) is 5.10 Å². The van der Waals surface area contributed by atoms with Gasteiger partial charge in [-0.3, -0.25) is 9.78 Å². The van der Waals surface area contributed by atoms with Crippen molar-refractivity contribution >= 4 is 11.6 Å². The smallest absolute Gasteiger partial charge is 0.267 e. The van der Waals surface area contributed by atoms with Crippen LogP contribution in [-0.4, -0.2) is 16.6 Å². The lowest BCUT2D eigenvalue weighted by Crippen LogP contribution is -2.20. The Labute approximate surface area is 138 Å². The molecule has 1 heterocycles. The van der Waals surface area contributed by atoms with Crippen LogP contribution in [-0.2, 0) is 0 Å². The molecule has 24 heavy (non-hydrogen) atoms. The van der Waals surface area contributed by atoms with E-state index in [1.54, 1.807) is 18.5 Å². The lowest BCUT2D eigenvalue weighted by molar-refractivity contribution is 0.0955. The molecule has 4 nitrogen and oxygen atoms in total. The maximum Gasteiger partial charge on any atom is 0.271 e. The first-order valence-electron chi connectivity index (χ1n) is 7.33. The molecule has 118 valence electrons. The highest BCUT2D eigenvalue weighted by molar-refractivity contribution is 6.13. The third-order valence-corrected chi connectivity index (χ3v) is 3.36. The number of nitrogens with one attached hydrogen (secondary N) is 1. The zero-order chi connectivity index (χ0) is 16.8. The average molecular weight is 319 g/mol. The fourth-order valence-electron chi connectivity index (χ4n) is 2.17. The molecule has 0 radical (unpaired) electrons. The Morgan fingerprint density at radius 2 is 1.58 bits per heavy atom. The highest BCUT2D eigenvalue weighted by Crippen LogP contribution is 2.10. The normalized spacial score (nSPS) is 11.1. The number of hydrogen-bond acceptors (Lipinski definition) is 3. The Kier molecular flexibility index (Phi) is 4.72. The van der Waals surface area contributed by atoms with Gasteiger partial charge in [-0.05, 0) is 36.4 Å². The minimum atomic E-state index is -0.410. The number of benzene rings is 2. The van der Waals surface area contributed by atoms with Gasteiger partial charge in [0.1, 0.15) is 5.82 Å². The summed E-state index contributed by atoms with van der Waals surface area (Å²) < 4.78 is 12.9. The Morgan fingerprint density at radius 3 is 2.25 bits per heavy atom. The van der Waals surface area contributed by atoms with E-state index in [9.17, 15) is 9.18 Å². The van der Waals surface area contributed by atoms with Crippen LogP contribution in [0, 0.1) is 5.82 Å². The summed E-state index contributed by atoms with van der Waals surface area (Å²) >= 11 is 0. The number of carbonyl (C=O) groups excluding carboxylic acids is 1. The number of halogens is 1. The van der Waals surface area contributed by atoms with Crippen LogP contribution in [0.2, 0.25) is 0 Å². The molecule has 0 spiro atoms. The van der Waals surface area contributed by atoms with E-state index in [1.807, 2.05) is 36.4 Å². The van der Waals surface area contributed by atoms with Crippen molar-refractivity contribution in [1.82, 2.24) is 10.4 Å². The van der Waals surface area contributed by atoms with Gasteiger partial charge in [-0.25, -0.2) is 9.82 Å². The van der Waals surface area contributed by atoms with Gasteiger partial charge in [0, 0.05) is 29.1 Å². The summed E-state index contributed by atoms with van der Waals surface area (Å²) in [6.45, 7) is 0. The van der Waals surface area contributed by atoms with Crippen molar-refractivity contribution in [3.8, 4) is 0 Å². The molecule has 0 aliphatic carbocycles. The SMILES string of the molecule is O=C(N/N=C(\c1ccccc1)c1cccnc1)c1ccc(F)cc1. The largest absolute Gasteiger partial charge is 0.271 e. The second-order valence-corrected chi connectivity index (χ2v) is 5.02. The van der Waals surface area contributed by atoms with Crippen LogP contribution >= 0.6 is 0 Å². The van der Waals surface area contributed by atoms with E-state index in [1.165, 1.54) is 24.3 Å². The van der Waals surface area contributed by atoms with Gasteiger partial charge in [0.05, 0.1) is 5.71 Å². The van der Waals surface area contributed by atoms with Crippen LogP contribution in [0.1, 0.15) is 21.5 Å². The standard InChI is InChI=1S/C19H14FN3O/c20-17-10-8-15(9-11-17)19(24)23-22-18(14-5-2-1-3-6-14)16-7-4-12-21-13-16/h1-13H,(H,23,24)/b22-18+. The highest BCUT2D eigenvalue weighted by atomic mass is 19.1. The van der Waals surface area contributed by atoms with Crippen LogP contribution in [0.5, 0.6) is 0 Å². The molecule has 0 saturated carbocycles. The van der Waals surface area contributed by atoms with Crippen LogP contribution in [0.4, 0.5) is 4.39 Å². The number of pyridine rings is 1. The maximum absolute atomic E-state index is 12.9. The fraction of sp³-hybridized carbons (Fsp3) is 0. The Morgan fingerprint density at radius 1 is 0.875 bits per heavy atom. The molecule has 1 N–H and O–H groups in total. The second kappa shape index (κ2) is 7.28. The molecular weight excluding hydrogens is 305 g/mol. The van der Waals surface area contributed by atoms with Crippen molar-refractivity contribution in [3.63, 3.8) is 0 Å². The molecule has 0 saturated heterocycles. The van der Waals surface area contributed by atoms with E-state index in [2.05, 4.69) is 15.5 Å². The molecule has 0 atom stereocenters. The monoisotopic (exact) mass is 319 g/mol. The van der Waals surface area contributed by atoms with E-state index < -0.39 is 11.7 Å². The van der Waals surface area contributed by atoms with Gasteiger partial charge in [-0.15, -0.1) is 0 Å². The fourth-order valence-corrected chi connectivity index (χ4v) is 2.17. The molecule has 0 aliphatic rings. The van der Waals surface area contributed by atoms with Crippen molar-refractivity contribution in [3.05, 3.63) is 102 Å². The van der Waals surface area contributed by atoms with Gasteiger partial charge in [0.25, 0.3) is 5.91 Å². The summed E-state index contributed by atoms with van der Waals surface area (Å²) in [6, 6.07) is 18.4. The molecule has 1 amide bonds. The van der Waals surface area contributed by atoms with Crippen LogP contribution in [0.3, 0.4) is 0 Å². The van der Waals surface area contributed by atoms with E-state index in [4.69, 9.17) is 0 Å². The first kappa shape index (κ1) is 15.6. The van der Waals surface area contributed by atoms with Gasteiger partial charge in [0.15, 0.2) is 0 Å². The summed E-state index contributed by atoms with van der Waals surface area (Å²) in [4.78, 5) is 16.3. The predicted octanol–water partition coefficient (Wildman–Crippen LogP) is 3.40. The third kappa shape index (κ3) is 3.70. The summed E-state index contributed by atoms with van der Waals surface area (Å²) in [7, 11) is 0. The minimum absolute atomic E-state index is 0.332. The topological polar surface area (TPSA) is 54.4 Å². The second-order valence-electron chi connectivity index (χ2n) is 5.02. The van der Waals surface area contributed by atoms with Crippen molar-refractivity contribution in [2.75, 3.05) is 0 Å². The van der Waals surface area contributed by atoms with E-state index in [0.717, 1.165) is 11.1 Å². The lowest BCUT2D eigenvalue weighted by atomic mass is 10.0.